The zero-order valence-corrected chi connectivity index (χ0v) is 48.7. The van der Waals surface area contributed by atoms with Gasteiger partial charge in [0, 0.05) is 18.6 Å². The highest BCUT2D eigenvalue weighted by molar-refractivity contribution is 5.75. The van der Waals surface area contributed by atoms with Gasteiger partial charge in [-0.1, -0.05) is 170 Å². The average Bonchev–Trinajstić information content (AvgIpc) is 3.36. The topological polar surface area (TPSA) is 130 Å². The van der Waals surface area contributed by atoms with Crippen LogP contribution >= 0.6 is 0 Å². The Morgan fingerprint density at radius 3 is 1.13 bits per heavy atom. The minimum Gasteiger partial charge on any atom is -0.507 e. The highest BCUT2D eigenvalue weighted by Crippen LogP contribution is 2.38. The Labute approximate surface area is 452 Å². The maximum absolute atomic E-state index is 13.6. The monoisotopic (exact) mass is 1040 g/mol. The van der Waals surface area contributed by atoms with Crippen molar-refractivity contribution in [2.24, 2.45) is 0 Å². The van der Waals surface area contributed by atoms with Crippen molar-refractivity contribution < 1.29 is 48.2 Å². The molecule has 4 aromatic carbocycles. The van der Waals surface area contributed by atoms with Gasteiger partial charge >= 0.3 is 11.9 Å². The maximum Gasteiger partial charge on any atom is 0.310 e. The van der Waals surface area contributed by atoms with Gasteiger partial charge in [0.25, 0.3) is 0 Å². The zero-order chi connectivity index (χ0) is 55.3. The Kier molecular flexibility index (Phi) is 25.0. The highest BCUT2D eigenvalue weighted by Gasteiger charge is 2.28. The number of hydrogen-bond donors (Lipinski definition) is 2. The van der Waals surface area contributed by atoms with E-state index in [4.69, 9.17) is 28.4 Å². The van der Waals surface area contributed by atoms with Crippen LogP contribution in [0.25, 0.3) is 0 Å². The lowest BCUT2D eigenvalue weighted by Gasteiger charge is -2.27. The van der Waals surface area contributed by atoms with Crippen molar-refractivity contribution in [3.8, 4) is 23.0 Å². The fraction of sp³-hybridized carbons (Fsp3) is 0.600. The molecule has 10 heteroatoms. The summed E-state index contributed by atoms with van der Waals surface area (Å²) < 4.78 is 36.8. The third kappa shape index (κ3) is 19.8. The zero-order valence-electron chi connectivity index (χ0n) is 48.7. The van der Waals surface area contributed by atoms with Gasteiger partial charge in [-0.15, -0.1) is 0 Å². The number of hydrogen-bond acceptors (Lipinski definition) is 10. The molecule has 4 aromatic rings. The van der Waals surface area contributed by atoms with Gasteiger partial charge in [0.05, 0.1) is 26.1 Å². The summed E-state index contributed by atoms with van der Waals surface area (Å²) in [5.74, 6) is 1.12. The van der Waals surface area contributed by atoms with Crippen LogP contribution in [-0.2, 0) is 57.6 Å². The van der Waals surface area contributed by atoms with Crippen LogP contribution in [0.15, 0.2) is 60.7 Å². The Hall–Kier alpha value is -5.06. The molecule has 0 heterocycles. The number of phenols is 2. The molecule has 75 heavy (non-hydrogen) atoms. The molecule has 2 atom stereocenters. The van der Waals surface area contributed by atoms with Gasteiger partial charge in [0.15, 0.2) is 12.2 Å². The number of phenolic OH excluding ortho intramolecular Hbond substituents is 2. The molecule has 0 amide bonds. The van der Waals surface area contributed by atoms with Crippen molar-refractivity contribution in [2.45, 2.75) is 215 Å². The molecule has 0 saturated heterocycles. The van der Waals surface area contributed by atoms with E-state index in [1.165, 1.54) is 51.4 Å². The van der Waals surface area contributed by atoms with Crippen LogP contribution in [0.2, 0.25) is 0 Å². The summed E-state index contributed by atoms with van der Waals surface area (Å²) in [6.07, 6.45) is 12.8. The molecule has 2 N–H and O–H groups in total. The second-order valence-corrected chi connectivity index (χ2v) is 23.4. The van der Waals surface area contributed by atoms with Gasteiger partial charge in [0.1, 0.15) is 36.2 Å². The van der Waals surface area contributed by atoms with E-state index in [1.54, 1.807) is 0 Å². The smallest absolute Gasteiger partial charge is 0.310 e. The molecule has 10 nitrogen and oxygen atoms in total. The predicted octanol–water partition coefficient (Wildman–Crippen LogP) is 15.1. The fourth-order valence-corrected chi connectivity index (χ4v) is 9.33. The third-order valence-corrected chi connectivity index (χ3v) is 14.7. The van der Waals surface area contributed by atoms with Crippen molar-refractivity contribution in [2.75, 3.05) is 39.6 Å². The van der Waals surface area contributed by atoms with Crippen LogP contribution in [0, 0.1) is 27.7 Å². The van der Waals surface area contributed by atoms with Crippen molar-refractivity contribution in [1.29, 1.82) is 0 Å². The number of unbranched alkanes of at least 4 members (excludes halogenated alkanes) is 10. The third-order valence-electron chi connectivity index (χ3n) is 14.7. The normalized spacial score (nSPS) is 12.9. The highest BCUT2D eigenvalue weighted by atomic mass is 16.6. The molecule has 0 bridgehead atoms. The van der Waals surface area contributed by atoms with Gasteiger partial charge in [-0.25, -0.2) is 0 Å². The lowest BCUT2D eigenvalue weighted by Crippen LogP contribution is -2.31. The minimum atomic E-state index is -0.615. The summed E-state index contributed by atoms with van der Waals surface area (Å²) in [6.45, 7) is 30.6. The van der Waals surface area contributed by atoms with Crippen molar-refractivity contribution >= 4 is 11.9 Å². The van der Waals surface area contributed by atoms with Crippen LogP contribution in [0.5, 0.6) is 23.0 Å². The molecule has 0 aliphatic carbocycles. The van der Waals surface area contributed by atoms with E-state index in [0.717, 1.165) is 81.3 Å². The second kappa shape index (κ2) is 30.0. The minimum absolute atomic E-state index is 0.0758. The van der Waals surface area contributed by atoms with E-state index < -0.39 is 12.2 Å². The summed E-state index contributed by atoms with van der Waals surface area (Å²) in [6, 6.07) is 19.9. The molecule has 0 spiro atoms. The number of esters is 2. The number of rotatable bonds is 32. The first-order valence-corrected chi connectivity index (χ1v) is 28.1. The van der Waals surface area contributed by atoms with Crippen LogP contribution in [-0.4, -0.2) is 74.0 Å². The van der Waals surface area contributed by atoms with Crippen molar-refractivity contribution in [3.05, 3.63) is 116 Å². The number of aromatic hydroxyl groups is 2. The lowest BCUT2D eigenvalue weighted by molar-refractivity contribution is -0.154. The summed E-state index contributed by atoms with van der Waals surface area (Å²) in [5.41, 5.74) is 7.80. The molecule has 0 saturated carbocycles. The van der Waals surface area contributed by atoms with Crippen LogP contribution in [0.4, 0.5) is 0 Å². The van der Waals surface area contributed by atoms with E-state index in [2.05, 4.69) is 93.5 Å². The molecule has 0 aromatic heterocycles. The molecule has 4 rings (SSSR count). The summed E-state index contributed by atoms with van der Waals surface area (Å²) in [4.78, 5) is 27.1. The first-order chi connectivity index (χ1) is 35.5. The van der Waals surface area contributed by atoms with Gasteiger partial charge in [0.2, 0.25) is 0 Å². The van der Waals surface area contributed by atoms with E-state index in [0.29, 0.717) is 24.7 Å². The van der Waals surface area contributed by atoms with Crippen LogP contribution in [0.1, 0.15) is 202 Å². The Bertz CT molecular complexity index is 2200. The van der Waals surface area contributed by atoms with Gasteiger partial charge in [-0.05, 0) is 131 Å². The van der Waals surface area contributed by atoms with E-state index >= 15 is 0 Å². The van der Waals surface area contributed by atoms with Gasteiger partial charge < -0.3 is 38.6 Å². The molecule has 2 unspecified atom stereocenters. The summed E-state index contributed by atoms with van der Waals surface area (Å²) in [5, 5.41) is 21.8. The summed E-state index contributed by atoms with van der Waals surface area (Å²) in [7, 11) is 0. The second-order valence-electron chi connectivity index (χ2n) is 23.4. The molecule has 0 fully saturated rings. The Balaban J connectivity index is 1.40. The van der Waals surface area contributed by atoms with Crippen LogP contribution in [0.3, 0.4) is 0 Å². The quantitative estimate of drug-likeness (QED) is 0.0360. The van der Waals surface area contributed by atoms with Crippen molar-refractivity contribution in [1.82, 2.24) is 0 Å². The van der Waals surface area contributed by atoms with Crippen LogP contribution < -0.4 is 9.47 Å². The fourth-order valence-electron chi connectivity index (χ4n) is 9.33. The first kappa shape index (κ1) is 62.5. The van der Waals surface area contributed by atoms with E-state index in [9.17, 15) is 19.8 Å². The number of carbonyl (C=O) groups is 2. The van der Waals surface area contributed by atoms with E-state index in [-0.39, 0.29) is 79.0 Å². The van der Waals surface area contributed by atoms with E-state index in [1.807, 2.05) is 64.1 Å². The molecule has 0 radical (unpaired) electrons. The standard InChI is InChI=1S/C65H96O10/c1-15-17-19-21-23-25-35-70-41-55(74-59(66)39-49-37-57(63(7,8)9)61(68)47(5)45(49)3)43-72-53-31-27-51(28-32-53)65(13,14)52-29-33-54(34-30-52)73-44-56(42-71-36-26-24-22-20-18-16-2)75-60(67)40-50-38-58(64(10,11)12)62(69)48(6)46(50)4/h27-34,37-38,55-56,68-69H,15-26,35-36,39-44H2,1-14H3. The SMILES string of the molecule is CCCCCCCCOCC(COc1ccc(C(C)(C)c2ccc(OCC(COCCCCCCCC)OC(=O)Cc3cc(C(C)(C)C)c(O)c(C)c3C)cc2)cc1)OC(=O)Cc1cc(C(C)(C)C)c(O)c(C)c1C. The molecule has 0 aliphatic rings. The van der Waals surface area contributed by atoms with Gasteiger partial charge in [-0.2, -0.15) is 0 Å². The molecular formula is C65H96O10. The van der Waals surface area contributed by atoms with Gasteiger partial charge in [-0.3, -0.25) is 9.59 Å². The lowest BCUT2D eigenvalue weighted by atomic mass is 9.78. The molecule has 0 aliphatic heterocycles. The molecular weight excluding hydrogens is 941 g/mol. The number of benzene rings is 4. The largest absolute Gasteiger partial charge is 0.507 e. The predicted molar refractivity (Wildman–Crippen MR) is 304 cm³/mol. The summed E-state index contributed by atoms with van der Waals surface area (Å²) >= 11 is 0. The van der Waals surface area contributed by atoms with Crippen molar-refractivity contribution in [3.63, 3.8) is 0 Å². The maximum atomic E-state index is 13.6. The number of carbonyl (C=O) groups excluding carboxylic acids is 2. The Morgan fingerprint density at radius 2 is 0.800 bits per heavy atom. The first-order valence-electron chi connectivity index (χ1n) is 28.1. The average molecular weight is 1040 g/mol. The number of ether oxygens (including phenoxy) is 6. The molecule has 416 valence electrons. The Morgan fingerprint density at radius 1 is 0.467 bits per heavy atom.